The largest absolute Gasteiger partial charge is 0.465 e. The maximum atomic E-state index is 11.5. The lowest BCUT2D eigenvalue weighted by Gasteiger charge is -2.08. The van der Waals surface area contributed by atoms with Crippen LogP contribution in [0, 0.1) is 0 Å². The minimum Gasteiger partial charge on any atom is -0.465 e. The standard InChI is InChI=1S/C11H12ClN3O2S/c1-6(2)15-7(4-5-13-15)10-14-9(12)8(18-10)11(16)17-3/h4-6H,1-3H3. The number of halogens is 1. The van der Waals surface area contributed by atoms with Gasteiger partial charge in [0.05, 0.1) is 12.8 Å². The summed E-state index contributed by atoms with van der Waals surface area (Å²) >= 11 is 7.14. The van der Waals surface area contributed by atoms with Crippen LogP contribution < -0.4 is 0 Å². The van der Waals surface area contributed by atoms with E-state index < -0.39 is 5.97 Å². The Labute approximate surface area is 113 Å². The highest BCUT2D eigenvalue weighted by Gasteiger charge is 2.20. The molecular formula is C11H12ClN3O2S. The fourth-order valence-corrected chi connectivity index (χ4v) is 2.75. The van der Waals surface area contributed by atoms with Crippen LogP contribution in [0.2, 0.25) is 5.15 Å². The lowest BCUT2D eigenvalue weighted by molar-refractivity contribution is 0.0606. The summed E-state index contributed by atoms with van der Waals surface area (Å²) in [5, 5.41) is 5.04. The van der Waals surface area contributed by atoms with Gasteiger partial charge < -0.3 is 4.74 Å². The summed E-state index contributed by atoms with van der Waals surface area (Å²) in [7, 11) is 1.32. The molecule has 0 N–H and O–H groups in total. The molecule has 0 aliphatic rings. The summed E-state index contributed by atoms with van der Waals surface area (Å²) < 4.78 is 6.48. The Kier molecular flexibility index (Phi) is 3.68. The normalized spacial score (nSPS) is 10.9. The minimum atomic E-state index is -0.473. The van der Waals surface area contributed by atoms with E-state index in [-0.39, 0.29) is 11.2 Å². The molecule has 0 radical (unpaired) electrons. The van der Waals surface area contributed by atoms with Crippen LogP contribution in [-0.4, -0.2) is 27.8 Å². The summed E-state index contributed by atoms with van der Waals surface area (Å²) in [5.41, 5.74) is 0.840. The van der Waals surface area contributed by atoms with Crippen molar-refractivity contribution in [2.75, 3.05) is 7.11 Å². The van der Waals surface area contributed by atoms with E-state index in [2.05, 4.69) is 14.8 Å². The molecule has 0 saturated carbocycles. The van der Waals surface area contributed by atoms with Gasteiger partial charge in [0.2, 0.25) is 0 Å². The summed E-state index contributed by atoms with van der Waals surface area (Å²) in [4.78, 5) is 16.0. The van der Waals surface area contributed by atoms with Crippen LogP contribution in [0.5, 0.6) is 0 Å². The topological polar surface area (TPSA) is 57.0 Å². The molecule has 7 heteroatoms. The van der Waals surface area contributed by atoms with Crippen molar-refractivity contribution in [3.8, 4) is 10.7 Å². The van der Waals surface area contributed by atoms with Crippen molar-refractivity contribution in [3.05, 3.63) is 22.3 Å². The summed E-state index contributed by atoms with van der Waals surface area (Å²) in [6, 6.07) is 2.05. The number of nitrogens with zero attached hydrogens (tertiary/aromatic N) is 3. The molecule has 0 aromatic carbocycles. The highest BCUT2D eigenvalue weighted by molar-refractivity contribution is 7.17. The molecule has 0 spiro atoms. The second kappa shape index (κ2) is 5.07. The number of thiazole rings is 1. The van der Waals surface area contributed by atoms with Crippen LogP contribution in [0.15, 0.2) is 12.3 Å². The van der Waals surface area contributed by atoms with Gasteiger partial charge in [0.1, 0.15) is 5.01 Å². The Hall–Kier alpha value is -1.40. The molecule has 0 fully saturated rings. The maximum Gasteiger partial charge on any atom is 0.351 e. The van der Waals surface area contributed by atoms with E-state index in [1.165, 1.54) is 18.4 Å². The molecule has 0 unspecified atom stereocenters. The summed E-state index contributed by atoms with van der Waals surface area (Å²) in [6.07, 6.45) is 1.70. The van der Waals surface area contributed by atoms with Gasteiger partial charge in [-0.05, 0) is 19.9 Å². The number of aromatic nitrogens is 3. The first-order valence-electron chi connectivity index (χ1n) is 5.33. The van der Waals surface area contributed by atoms with Crippen molar-refractivity contribution in [2.24, 2.45) is 0 Å². The summed E-state index contributed by atoms with van der Waals surface area (Å²) in [5.74, 6) is -0.473. The van der Waals surface area contributed by atoms with Gasteiger partial charge in [-0.15, -0.1) is 11.3 Å². The minimum absolute atomic E-state index is 0.165. The Morgan fingerprint density at radius 3 is 2.89 bits per heavy atom. The molecule has 5 nitrogen and oxygen atoms in total. The highest BCUT2D eigenvalue weighted by atomic mass is 35.5. The van der Waals surface area contributed by atoms with Gasteiger partial charge in [0.25, 0.3) is 0 Å². The third-order valence-electron chi connectivity index (χ3n) is 2.34. The number of hydrogen-bond acceptors (Lipinski definition) is 5. The van der Waals surface area contributed by atoms with Crippen molar-refractivity contribution >= 4 is 28.9 Å². The molecule has 0 aliphatic carbocycles. The van der Waals surface area contributed by atoms with E-state index in [1.807, 2.05) is 24.6 Å². The molecule has 2 rings (SSSR count). The molecule has 2 aromatic rings. The molecule has 96 valence electrons. The molecule has 0 saturated heterocycles. The fraction of sp³-hybridized carbons (Fsp3) is 0.364. The Morgan fingerprint density at radius 1 is 1.56 bits per heavy atom. The fourth-order valence-electron chi connectivity index (χ4n) is 1.52. The van der Waals surface area contributed by atoms with E-state index in [0.717, 1.165) is 5.69 Å². The van der Waals surface area contributed by atoms with E-state index in [9.17, 15) is 4.79 Å². The van der Waals surface area contributed by atoms with Crippen molar-refractivity contribution in [1.82, 2.24) is 14.8 Å². The Bertz CT molecular complexity index is 577. The highest BCUT2D eigenvalue weighted by Crippen LogP contribution is 2.32. The van der Waals surface area contributed by atoms with E-state index in [0.29, 0.717) is 9.88 Å². The van der Waals surface area contributed by atoms with Crippen LogP contribution in [-0.2, 0) is 4.74 Å². The number of rotatable bonds is 3. The quantitative estimate of drug-likeness (QED) is 0.814. The van der Waals surface area contributed by atoms with E-state index in [1.54, 1.807) is 6.20 Å². The second-order valence-corrected chi connectivity index (χ2v) is 5.24. The molecule has 18 heavy (non-hydrogen) atoms. The predicted molar refractivity (Wildman–Crippen MR) is 70.1 cm³/mol. The van der Waals surface area contributed by atoms with Gasteiger partial charge in [-0.25, -0.2) is 9.78 Å². The molecule has 0 bridgehead atoms. The lowest BCUT2D eigenvalue weighted by atomic mass is 10.3. The summed E-state index contributed by atoms with van der Waals surface area (Å²) in [6.45, 7) is 4.04. The lowest BCUT2D eigenvalue weighted by Crippen LogP contribution is -2.04. The van der Waals surface area contributed by atoms with Gasteiger partial charge in [-0.3, -0.25) is 4.68 Å². The molecule has 0 amide bonds. The first-order chi connectivity index (χ1) is 8.54. The monoisotopic (exact) mass is 285 g/mol. The number of methoxy groups -OCH3 is 1. The van der Waals surface area contributed by atoms with Crippen molar-refractivity contribution < 1.29 is 9.53 Å². The predicted octanol–water partition coefficient (Wildman–Crippen LogP) is 3.03. The Morgan fingerprint density at radius 2 is 2.28 bits per heavy atom. The second-order valence-electron chi connectivity index (χ2n) is 3.89. The van der Waals surface area contributed by atoms with Crippen molar-refractivity contribution in [2.45, 2.75) is 19.9 Å². The number of esters is 1. The average molecular weight is 286 g/mol. The molecule has 2 heterocycles. The van der Waals surface area contributed by atoms with Crippen LogP contribution >= 0.6 is 22.9 Å². The third-order valence-corrected chi connectivity index (χ3v) is 3.78. The zero-order chi connectivity index (χ0) is 13.3. The van der Waals surface area contributed by atoms with Gasteiger partial charge in [-0.2, -0.15) is 5.10 Å². The van der Waals surface area contributed by atoms with Crippen LogP contribution in [0.3, 0.4) is 0 Å². The number of ether oxygens (including phenoxy) is 1. The van der Waals surface area contributed by atoms with Crippen LogP contribution in [0.4, 0.5) is 0 Å². The molecular weight excluding hydrogens is 274 g/mol. The molecule has 0 aliphatic heterocycles. The van der Waals surface area contributed by atoms with E-state index in [4.69, 9.17) is 11.6 Å². The van der Waals surface area contributed by atoms with Crippen LogP contribution in [0.1, 0.15) is 29.6 Å². The number of carbonyl (C=O) groups excluding carboxylic acids is 1. The maximum absolute atomic E-state index is 11.5. The van der Waals surface area contributed by atoms with Crippen LogP contribution in [0.25, 0.3) is 10.7 Å². The first kappa shape index (κ1) is 13.0. The van der Waals surface area contributed by atoms with Crippen molar-refractivity contribution in [3.63, 3.8) is 0 Å². The zero-order valence-corrected chi connectivity index (χ0v) is 11.7. The van der Waals surface area contributed by atoms with E-state index >= 15 is 0 Å². The Balaban J connectivity index is 2.46. The smallest absolute Gasteiger partial charge is 0.351 e. The van der Waals surface area contributed by atoms with Gasteiger partial charge in [0, 0.05) is 12.2 Å². The molecule has 0 atom stereocenters. The van der Waals surface area contributed by atoms with Gasteiger partial charge >= 0.3 is 5.97 Å². The van der Waals surface area contributed by atoms with Crippen molar-refractivity contribution in [1.29, 1.82) is 0 Å². The van der Waals surface area contributed by atoms with Gasteiger partial charge in [0.15, 0.2) is 10.0 Å². The third kappa shape index (κ3) is 2.26. The SMILES string of the molecule is COC(=O)c1sc(-c2ccnn2C(C)C)nc1Cl. The average Bonchev–Trinajstić information content (AvgIpc) is 2.93. The molecule has 2 aromatic heterocycles. The number of hydrogen-bond donors (Lipinski definition) is 0. The first-order valence-corrected chi connectivity index (χ1v) is 6.52. The van der Waals surface area contributed by atoms with Gasteiger partial charge in [-0.1, -0.05) is 11.6 Å². The zero-order valence-electron chi connectivity index (χ0n) is 10.2. The number of carbonyl (C=O) groups is 1.